The van der Waals surface area contributed by atoms with Crippen molar-refractivity contribution in [2.45, 2.75) is 111 Å². The van der Waals surface area contributed by atoms with Crippen molar-refractivity contribution in [3.8, 4) is 0 Å². The van der Waals surface area contributed by atoms with Crippen LogP contribution in [-0.4, -0.2) is 12.2 Å². The summed E-state index contributed by atoms with van der Waals surface area (Å²) in [5.41, 5.74) is 2.70. The van der Waals surface area contributed by atoms with E-state index in [-0.39, 0.29) is 0 Å². The quantitative estimate of drug-likeness (QED) is 0.309. The van der Waals surface area contributed by atoms with E-state index in [9.17, 15) is 0 Å². The highest BCUT2D eigenvalue weighted by Crippen LogP contribution is 2.67. The summed E-state index contributed by atoms with van der Waals surface area (Å²) in [5.74, 6) is 5.21. The van der Waals surface area contributed by atoms with Gasteiger partial charge in [0.2, 0.25) is 0 Å². The Bertz CT molecular complexity index is 796. The van der Waals surface area contributed by atoms with Gasteiger partial charge >= 0.3 is 0 Å². The predicted octanol–water partition coefficient (Wildman–Crippen LogP) is 10.1. The number of rotatable bonds is 6. The van der Waals surface area contributed by atoms with Crippen LogP contribution < -0.4 is 0 Å². The molecule has 1 aromatic rings. The highest BCUT2D eigenvalue weighted by molar-refractivity contribution is 5.48. The molecule has 7 unspecified atom stereocenters. The molecule has 0 radical (unpaired) electrons. The number of unbranched alkanes of at least 4 members (excludes halogenated alkanes) is 1. The van der Waals surface area contributed by atoms with Gasteiger partial charge in [0.25, 0.3) is 0 Å². The minimum atomic E-state index is 0.655. The molecule has 0 heterocycles. The minimum absolute atomic E-state index is 0.655. The molecule has 36 heavy (non-hydrogen) atoms. The van der Waals surface area contributed by atoms with Gasteiger partial charge in [0, 0.05) is 7.11 Å². The first-order chi connectivity index (χ1) is 17.5. The molecule has 4 aliphatic rings. The molecule has 4 saturated carbocycles. The van der Waals surface area contributed by atoms with Crippen LogP contribution in [0, 0.1) is 40.4 Å². The first kappa shape index (κ1) is 29.2. The van der Waals surface area contributed by atoms with Crippen molar-refractivity contribution in [3.05, 3.63) is 54.6 Å². The van der Waals surface area contributed by atoms with E-state index >= 15 is 0 Å². The molecule has 4 fully saturated rings. The summed E-state index contributed by atoms with van der Waals surface area (Å²) in [7, 11) is 1.00. The van der Waals surface area contributed by atoms with Crippen LogP contribution in [0.4, 0.5) is 0 Å². The second kappa shape index (κ2) is 14.0. The van der Waals surface area contributed by atoms with Crippen molar-refractivity contribution >= 4 is 6.08 Å². The van der Waals surface area contributed by atoms with Crippen molar-refractivity contribution in [2.24, 2.45) is 40.4 Å². The van der Waals surface area contributed by atoms with Crippen LogP contribution in [0.25, 0.3) is 6.08 Å². The molecule has 0 amide bonds. The third kappa shape index (κ3) is 6.38. The van der Waals surface area contributed by atoms with Gasteiger partial charge in [-0.3, -0.25) is 0 Å². The fraction of sp³-hybridized carbons (Fsp3) is 0.714. The van der Waals surface area contributed by atoms with E-state index < -0.39 is 0 Å². The molecular weight excluding hydrogens is 436 g/mol. The van der Waals surface area contributed by atoms with Gasteiger partial charge in [0.15, 0.2) is 0 Å². The molecule has 0 saturated heterocycles. The van der Waals surface area contributed by atoms with E-state index in [1.54, 1.807) is 38.5 Å². The lowest BCUT2D eigenvalue weighted by molar-refractivity contribution is -0.111. The van der Waals surface area contributed by atoms with Crippen LogP contribution in [-0.2, 0) is 0 Å². The predicted molar refractivity (Wildman–Crippen MR) is 158 cm³/mol. The van der Waals surface area contributed by atoms with E-state index in [0.717, 1.165) is 43.1 Å². The third-order valence-corrected chi connectivity index (χ3v) is 11.1. The van der Waals surface area contributed by atoms with Gasteiger partial charge in [-0.15, -0.1) is 6.58 Å². The van der Waals surface area contributed by atoms with Crippen LogP contribution in [0.15, 0.2) is 49.1 Å². The van der Waals surface area contributed by atoms with Crippen molar-refractivity contribution in [1.82, 2.24) is 0 Å². The van der Waals surface area contributed by atoms with E-state index in [4.69, 9.17) is 5.11 Å². The molecule has 0 spiro atoms. The lowest BCUT2D eigenvalue weighted by Crippen LogP contribution is -2.52. The normalized spacial score (nSPS) is 36.9. The van der Waals surface area contributed by atoms with Crippen LogP contribution in [0.3, 0.4) is 0 Å². The standard InChI is InChI=1S/C30H44.C4H8.CH4O/c1-29-21-10-9-15-24(29)16-18-26-27-19-17-25(30(27,2)22-20-28(26)29)14-8-4-7-13-23-11-5-3-6-12-23;1-3-4-2;1-2/h3,5-7,11-13,24-28H,4,8-10,14-22H2,1-2H3;3H,1,4H2,2H3;2H,1H3/b13-7+;;. The first-order valence-electron chi connectivity index (χ1n) is 15.3. The number of aliphatic hydroxyl groups excluding tert-OH is 1. The Morgan fingerprint density at radius 2 is 1.61 bits per heavy atom. The lowest BCUT2D eigenvalue weighted by Gasteiger charge is -2.60. The number of hydrogen-bond acceptors (Lipinski definition) is 1. The summed E-state index contributed by atoms with van der Waals surface area (Å²) in [6.45, 7) is 11.0. The summed E-state index contributed by atoms with van der Waals surface area (Å²) < 4.78 is 0. The van der Waals surface area contributed by atoms with Gasteiger partial charge < -0.3 is 5.11 Å². The first-order valence-corrected chi connectivity index (χ1v) is 15.3. The largest absolute Gasteiger partial charge is 0.400 e. The molecule has 202 valence electrons. The Kier molecular flexibility index (Phi) is 11.4. The van der Waals surface area contributed by atoms with Gasteiger partial charge in [-0.1, -0.05) is 82.2 Å². The van der Waals surface area contributed by atoms with Crippen LogP contribution in [0.2, 0.25) is 0 Å². The molecule has 0 bridgehead atoms. The SMILES string of the molecule is C=CCC.CC12CCCCC1CCC1C2CCC2(C)C(CCC/C=C/c3ccccc3)CCC12.CO. The molecule has 1 heteroatoms. The summed E-state index contributed by atoms with van der Waals surface area (Å²) in [6.07, 6.45) is 27.1. The van der Waals surface area contributed by atoms with Crippen molar-refractivity contribution in [1.29, 1.82) is 0 Å². The number of allylic oxidation sites excluding steroid dienone is 2. The molecule has 4 aliphatic carbocycles. The van der Waals surface area contributed by atoms with Gasteiger partial charge in [-0.05, 0) is 123 Å². The minimum Gasteiger partial charge on any atom is -0.400 e. The van der Waals surface area contributed by atoms with Crippen molar-refractivity contribution in [2.75, 3.05) is 7.11 Å². The van der Waals surface area contributed by atoms with E-state index in [2.05, 4.69) is 69.8 Å². The van der Waals surface area contributed by atoms with E-state index in [1.165, 1.54) is 50.5 Å². The van der Waals surface area contributed by atoms with Gasteiger partial charge in [-0.25, -0.2) is 0 Å². The fourth-order valence-electron chi connectivity index (χ4n) is 9.14. The molecule has 1 nitrogen and oxygen atoms in total. The Morgan fingerprint density at radius 1 is 0.889 bits per heavy atom. The number of benzene rings is 1. The zero-order valence-electron chi connectivity index (χ0n) is 24.1. The number of fused-ring (bicyclic) bond motifs is 5. The highest BCUT2D eigenvalue weighted by Gasteiger charge is 2.59. The summed E-state index contributed by atoms with van der Waals surface area (Å²) in [6, 6.07) is 10.8. The number of hydrogen-bond donors (Lipinski definition) is 1. The van der Waals surface area contributed by atoms with Crippen molar-refractivity contribution < 1.29 is 5.11 Å². The molecule has 0 aromatic heterocycles. The van der Waals surface area contributed by atoms with Gasteiger partial charge in [-0.2, -0.15) is 0 Å². The topological polar surface area (TPSA) is 20.2 Å². The third-order valence-electron chi connectivity index (χ3n) is 11.1. The average molecular weight is 493 g/mol. The van der Waals surface area contributed by atoms with Crippen LogP contribution in [0.5, 0.6) is 0 Å². The van der Waals surface area contributed by atoms with Crippen molar-refractivity contribution in [3.63, 3.8) is 0 Å². The van der Waals surface area contributed by atoms with E-state index in [0.29, 0.717) is 10.8 Å². The summed E-state index contributed by atoms with van der Waals surface area (Å²) >= 11 is 0. The Hall–Kier alpha value is -1.34. The molecular formula is C35H56O. The Morgan fingerprint density at radius 3 is 2.33 bits per heavy atom. The zero-order chi connectivity index (χ0) is 26.0. The molecule has 5 rings (SSSR count). The maximum Gasteiger partial charge on any atom is 0.0319 e. The summed E-state index contributed by atoms with van der Waals surface area (Å²) in [4.78, 5) is 0. The van der Waals surface area contributed by atoms with Gasteiger partial charge in [0.1, 0.15) is 0 Å². The summed E-state index contributed by atoms with van der Waals surface area (Å²) in [5, 5.41) is 7.00. The Balaban J connectivity index is 0.000000550. The van der Waals surface area contributed by atoms with Crippen LogP contribution in [0.1, 0.15) is 116 Å². The monoisotopic (exact) mass is 492 g/mol. The molecule has 7 atom stereocenters. The highest BCUT2D eigenvalue weighted by atomic mass is 16.2. The number of aliphatic hydroxyl groups is 1. The molecule has 0 aliphatic heterocycles. The van der Waals surface area contributed by atoms with Gasteiger partial charge in [0.05, 0.1) is 0 Å². The Labute approximate surface area is 223 Å². The second-order valence-electron chi connectivity index (χ2n) is 12.7. The van der Waals surface area contributed by atoms with Crippen LogP contribution >= 0.6 is 0 Å². The molecule has 1 aromatic carbocycles. The smallest absolute Gasteiger partial charge is 0.0319 e. The van der Waals surface area contributed by atoms with E-state index in [1.807, 2.05) is 6.08 Å². The zero-order valence-corrected chi connectivity index (χ0v) is 24.1. The average Bonchev–Trinajstić information content (AvgIpc) is 3.26. The lowest BCUT2D eigenvalue weighted by atomic mass is 9.45. The maximum atomic E-state index is 7.00. The fourth-order valence-corrected chi connectivity index (χ4v) is 9.14. The second-order valence-corrected chi connectivity index (χ2v) is 12.7. The maximum absolute atomic E-state index is 7.00. The molecule has 1 N–H and O–H groups in total.